The van der Waals surface area contributed by atoms with Crippen molar-refractivity contribution in [3.8, 4) is 0 Å². The average Bonchev–Trinajstić information content (AvgIpc) is 2.76. The second-order valence-electron chi connectivity index (χ2n) is 4.18. The highest BCUT2D eigenvalue weighted by Gasteiger charge is 2.13. The summed E-state index contributed by atoms with van der Waals surface area (Å²) in [5.74, 6) is 0.110. The number of thioether (sulfide) groups is 1. The first kappa shape index (κ1) is 14.5. The number of esters is 1. The summed E-state index contributed by atoms with van der Waals surface area (Å²) in [6.07, 6.45) is 0. The van der Waals surface area contributed by atoms with E-state index >= 15 is 0 Å². The van der Waals surface area contributed by atoms with Crippen LogP contribution in [0.2, 0.25) is 0 Å². The molecule has 1 heterocycles. The van der Waals surface area contributed by atoms with E-state index < -0.39 is 11.8 Å². The standard InChI is InChI=1S/C13H14FN3O2S/c1-8-15-16-13(17(8)2)20-7-9-4-5-10(11(14)6-9)12(18)19-3/h4-6H,7H2,1-3H3. The van der Waals surface area contributed by atoms with Crippen molar-refractivity contribution in [1.82, 2.24) is 14.8 Å². The Kier molecular flexibility index (Phi) is 4.39. The molecule has 20 heavy (non-hydrogen) atoms. The fourth-order valence-corrected chi connectivity index (χ4v) is 2.48. The number of ether oxygens (including phenoxy) is 1. The summed E-state index contributed by atoms with van der Waals surface area (Å²) in [5.41, 5.74) is 0.705. The van der Waals surface area contributed by atoms with Gasteiger partial charge in [0.1, 0.15) is 11.6 Å². The van der Waals surface area contributed by atoms with Gasteiger partial charge in [0.25, 0.3) is 0 Å². The van der Waals surface area contributed by atoms with Crippen molar-refractivity contribution in [3.05, 3.63) is 41.0 Å². The Labute approximate surface area is 120 Å². The van der Waals surface area contributed by atoms with Crippen LogP contribution in [-0.4, -0.2) is 27.8 Å². The van der Waals surface area contributed by atoms with Gasteiger partial charge in [0, 0.05) is 12.8 Å². The highest BCUT2D eigenvalue weighted by Crippen LogP contribution is 2.22. The fourth-order valence-electron chi connectivity index (χ4n) is 1.59. The molecule has 0 unspecified atom stereocenters. The summed E-state index contributed by atoms with van der Waals surface area (Å²) in [5, 5.41) is 8.74. The molecule has 1 aromatic heterocycles. The Bertz CT molecular complexity index is 643. The molecule has 0 aliphatic rings. The lowest BCUT2D eigenvalue weighted by molar-refractivity contribution is 0.0595. The van der Waals surface area contributed by atoms with Crippen molar-refractivity contribution >= 4 is 17.7 Å². The van der Waals surface area contributed by atoms with E-state index in [-0.39, 0.29) is 5.56 Å². The minimum Gasteiger partial charge on any atom is -0.465 e. The van der Waals surface area contributed by atoms with E-state index in [0.29, 0.717) is 5.75 Å². The molecule has 0 N–H and O–H groups in total. The van der Waals surface area contributed by atoms with E-state index in [9.17, 15) is 9.18 Å². The maximum atomic E-state index is 13.8. The molecule has 0 aliphatic heterocycles. The number of nitrogens with zero attached hydrogens (tertiary/aromatic N) is 3. The molecule has 1 aromatic carbocycles. The van der Waals surface area contributed by atoms with Crippen LogP contribution < -0.4 is 0 Å². The first-order valence-corrected chi connectivity index (χ1v) is 6.87. The molecule has 0 atom stereocenters. The topological polar surface area (TPSA) is 57.0 Å². The van der Waals surface area contributed by atoms with Gasteiger partial charge in [-0.1, -0.05) is 17.8 Å². The van der Waals surface area contributed by atoms with Crippen molar-refractivity contribution in [3.63, 3.8) is 0 Å². The Morgan fingerprint density at radius 3 is 2.75 bits per heavy atom. The summed E-state index contributed by atoms with van der Waals surface area (Å²) >= 11 is 1.46. The molecule has 0 spiro atoms. The van der Waals surface area contributed by atoms with Gasteiger partial charge in [-0.05, 0) is 24.6 Å². The van der Waals surface area contributed by atoms with E-state index in [1.54, 1.807) is 6.07 Å². The zero-order valence-corrected chi connectivity index (χ0v) is 12.2. The Hall–Kier alpha value is -1.89. The number of aromatic nitrogens is 3. The van der Waals surface area contributed by atoms with Crippen LogP contribution in [0, 0.1) is 12.7 Å². The maximum Gasteiger partial charge on any atom is 0.340 e. The van der Waals surface area contributed by atoms with Gasteiger partial charge in [-0.2, -0.15) is 0 Å². The number of carbonyl (C=O) groups excluding carboxylic acids is 1. The van der Waals surface area contributed by atoms with Gasteiger partial charge >= 0.3 is 5.97 Å². The van der Waals surface area contributed by atoms with E-state index in [0.717, 1.165) is 16.5 Å². The first-order valence-electron chi connectivity index (χ1n) is 5.88. The van der Waals surface area contributed by atoms with Crippen LogP contribution in [-0.2, 0) is 17.5 Å². The normalized spacial score (nSPS) is 10.6. The predicted molar refractivity (Wildman–Crippen MR) is 73.0 cm³/mol. The van der Waals surface area contributed by atoms with Gasteiger partial charge in [0.2, 0.25) is 0 Å². The van der Waals surface area contributed by atoms with Crippen molar-refractivity contribution in [2.24, 2.45) is 7.05 Å². The van der Waals surface area contributed by atoms with Crippen LogP contribution >= 0.6 is 11.8 Å². The number of rotatable bonds is 4. The van der Waals surface area contributed by atoms with Gasteiger partial charge in [0.05, 0.1) is 12.7 Å². The molecule has 0 saturated heterocycles. The number of carbonyl (C=O) groups is 1. The minimum atomic E-state index is -0.675. The van der Waals surface area contributed by atoms with Crippen LogP contribution in [0.3, 0.4) is 0 Å². The molecule has 106 valence electrons. The van der Waals surface area contributed by atoms with Gasteiger partial charge < -0.3 is 9.30 Å². The SMILES string of the molecule is COC(=O)c1ccc(CSc2nnc(C)n2C)cc1F. The largest absolute Gasteiger partial charge is 0.465 e. The Morgan fingerprint density at radius 2 is 2.20 bits per heavy atom. The molecule has 0 saturated carbocycles. The van der Waals surface area contributed by atoms with E-state index in [1.165, 1.54) is 31.0 Å². The molecule has 5 nitrogen and oxygen atoms in total. The molecule has 0 amide bonds. The lowest BCUT2D eigenvalue weighted by atomic mass is 10.1. The molecule has 0 fully saturated rings. The average molecular weight is 295 g/mol. The number of halogens is 1. The second kappa shape index (κ2) is 6.04. The molecule has 0 aliphatic carbocycles. The molecule has 7 heteroatoms. The molecular weight excluding hydrogens is 281 g/mol. The van der Waals surface area contributed by atoms with Crippen LogP contribution in [0.25, 0.3) is 0 Å². The van der Waals surface area contributed by atoms with E-state index in [2.05, 4.69) is 14.9 Å². The summed E-state index contributed by atoms with van der Waals surface area (Å²) in [4.78, 5) is 11.3. The molecule has 0 radical (unpaired) electrons. The lowest BCUT2D eigenvalue weighted by Gasteiger charge is -2.05. The predicted octanol–water partition coefficient (Wildman–Crippen LogP) is 2.34. The van der Waals surface area contributed by atoms with Crippen molar-refractivity contribution in [2.75, 3.05) is 7.11 Å². The number of methoxy groups -OCH3 is 1. The van der Waals surface area contributed by atoms with Crippen molar-refractivity contribution in [2.45, 2.75) is 17.8 Å². The van der Waals surface area contributed by atoms with Crippen LogP contribution in [0.4, 0.5) is 4.39 Å². The summed E-state index contributed by atoms with van der Waals surface area (Å²) in [6, 6.07) is 4.47. The third kappa shape index (κ3) is 2.98. The third-order valence-corrected chi connectivity index (χ3v) is 3.95. The number of benzene rings is 1. The summed E-state index contributed by atoms with van der Waals surface area (Å²) in [6.45, 7) is 1.86. The first-order chi connectivity index (χ1) is 9.52. The minimum absolute atomic E-state index is 0.0595. The summed E-state index contributed by atoms with van der Waals surface area (Å²) < 4.78 is 20.1. The molecular formula is C13H14FN3O2S. The second-order valence-corrected chi connectivity index (χ2v) is 5.13. The zero-order chi connectivity index (χ0) is 14.7. The van der Waals surface area contributed by atoms with E-state index in [1.807, 2.05) is 18.5 Å². The lowest BCUT2D eigenvalue weighted by Crippen LogP contribution is -2.04. The fraction of sp³-hybridized carbons (Fsp3) is 0.308. The summed E-state index contributed by atoms with van der Waals surface area (Å²) in [7, 11) is 3.10. The van der Waals surface area contributed by atoms with Crippen molar-refractivity contribution in [1.29, 1.82) is 0 Å². The van der Waals surface area contributed by atoms with Crippen LogP contribution in [0.5, 0.6) is 0 Å². The smallest absolute Gasteiger partial charge is 0.340 e. The Balaban J connectivity index is 2.09. The molecule has 0 bridgehead atoms. The van der Waals surface area contributed by atoms with Gasteiger partial charge in [-0.3, -0.25) is 0 Å². The Morgan fingerprint density at radius 1 is 1.45 bits per heavy atom. The van der Waals surface area contributed by atoms with Crippen molar-refractivity contribution < 1.29 is 13.9 Å². The maximum absolute atomic E-state index is 13.8. The van der Waals surface area contributed by atoms with Gasteiger partial charge in [0.15, 0.2) is 5.16 Å². The number of hydrogen-bond acceptors (Lipinski definition) is 5. The molecule has 2 aromatic rings. The number of aryl methyl sites for hydroxylation is 1. The van der Waals surface area contributed by atoms with E-state index in [4.69, 9.17) is 0 Å². The van der Waals surface area contributed by atoms with Gasteiger partial charge in [-0.15, -0.1) is 10.2 Å². The third-order valence-electron chi connectivity index (χ3n) is 2.86. The monoisotopic (exact) mass is 295 g/mol. The highest BCUT2D eigenvalue weighted by atomic mass is 32.2. The zero-order valence-electron chi connectivity index (χ0n) is 11.4. The van der Waals surface area contributed by atoms with Crippen LogP contribution in [0.15, 0.2) is 23.4 Å². The van der Waals surface area contributed by atoms with Crippen LogP contribution in [0.1, 0.15) is 21.7 Å². The highest BCUT2D eigenvalue weighted by molar-refractivity contribution is 7.98. The molecule has 2 rings (SSSR count). The number of hydrogen-bond donors (Lipinski definition) is 0. The van der Waals surface area contributed by atoms with Gasteiger partial charge in [-0.25, -0.2) is 9.18 Å². The quantitative estimate of drug-likeness (QED) is 0.640.